The minimum Gasteiger partial charge on any atom is -0.305 e. The molecule has 3 rings (SSSR count). The van der Waals surface area contributed by atoms with Crippen molar-refractivity contribution >= 4 is 23.2 Å². The number of hydrogen-bond acceptors (Lipinski definition) is 2. The molecular formula is C15H13ClN2O. The Morgan fingerprint density at radius 2 is 2.11 bits per heavy atom. The summed E-state index contributed by atoms with van der Waals surface area (Å²) in [5, 5.41) is 0.395. The summed E-state index contributed by atoms with van der Waals surface area (Å²) in [4.78, 5) is 18.4. The van der Waals surface area contributed by atoms with Gasteiger partial charge in [0.25, 0.3) is 5.91 Å². The van der Waals surface area contributed by atoms with Crippen LogP contribution >= 0.6 is 11.6 Å². The van der Waals surface area contributed by atoms with Gasteiger partial charge in [0, 0.05) is 17.9 Å². The molecule has 1 aliphatic rings. The Balaban J connectivity index is 1.98. The second kappa shape index (κ2) is 4.67. The van der Waals surface area contributed by atoms with Crippen LogP contribution in [-0.2, 0) is 6.42 Å². The summed E-state index contributed by atoms with van der Waals surface area (Å²) in [5.41, 5.74) is 2.77. The molecule has 1 aromatic carbocycles. The number of halogens is 1. The largest absolute Gasteiger partial charge is 0.305 e. The summed E-state index contributed by atoms with van der Waals surface area (Å²) in [6.45, 7) is 2.06. The summed E-state index contributed by atoms with van der Waals surface area (Å²) in [6, 6.07) is 11.5. The number of pyridine rings is 1. The first-order valence-corrected chi connectivity index (χ1v) is 6.57. The fourth-order valence-corrected chi connectivity index (χ4v) is 2.63. The van der Waals surface area contributed by atoms with Crippen molar-refractivity contribution in [2.45, 2.75) is 19.4 Å². The highest BCUT2D eigenvalue weighted by Crippen LogP contribution is 2.32. The van der Waals surface area contributed by atoms with Crippen molar-refractivity contribution in [3.05, 3.63) is 58.9 Å². The van der Waals surface area contributed by atoms with Crippen LogP contribution in [-0.4, -0.2) is 16.9 Å². The van der Waals surface area contributed by atoms with E-state index < -0.39 is 0 Å². The third kappa shape index (κ3) is 2.10. The number of para-hydroxylation sites is 1. The summed E-state index contributed by atoms with van der Waals surface area (Å²) in [5.74, 6) is -0.0263. The third-order valence-electron chi connectivity index (χ3n) is 3.40. The molecule has 0 bridgehead atoms. The molecule has 0 saturated carbocycles. The molecule has 96 valence electrons. The molecule has 3 nitrogen and oxygen atoms in total. The predicted octanol–water partition coefficient (Wildman–Crippen LogP) is 3.33. The molecule has 1 amide bonds. The topological polar surface area (TPSA) is 33.2 Å². The first kappa shape index (κ1) is 12.2. The Kier molecular flexibility index (Phi) is 2.99. The Morgan fingerprint density at radius 1 is 1.32 bits per heavy atom. The Morgan fingerprint density at radius 3 is 2.84 bits per heavy atom. The Hall–Kier alpha value is -1.87. The van der Waals surface area contributed by atoms with Crippen LogP contribution in [0.2, 0.25) is 5.15 Å². The van der Waals surface area contributed by atoms with E-state index in [1.165, 1.54) is 11.8 Å². The zero-order valence-corrected chi connectivity index (χ0v) is 11.3. The average Bonchev–Trinajstić information content (AvgIpc) is 2.74. The van der Waals surface area contributed by atoms with Crippen molar-refractivity contribution in [2.24, 2.45) is 0 Å². The molecule has 0 aliphatic carbocycles. The summed E-state index contributed by atoms with van der Waals surface area (Å²) in [6.07, 6.45) is 2.42. The van der Waals surface area contributed by atoms with Gasteiger partial charge in [-0.05, 0) is 37.1 Å². The van der Waals surface area contributed by atoms with Gasteiger partial charge in [-0.25, -0.2) is 4.98 Å². The van der Waals surface area contributed by atoms with Gasteiger partial charge < -0.3 is 4.90 Å². The van der Waals surface area contributed by atoms with Gasteiger partial charge in [-0.15, -0.1) is 0 Å². The zero-order valence-electron chi connectivity index (χ0n) is 10.5. The number of fused-ring (bicyclic) bond motifs is 1. The van der Waals surface area contributed by atoms with E-state index in [0.717, 1.165) is 12.1 Å². The quantitative estimate of drug-likeness (QED) is 0.746. The highest BCUT2D eigenvalue weighted by molar-refractivity contribution is 6.29. The maximum Gasteiger partial charge on any atom is 0.260 e. The van der Waals surface area contributed by atoms with Gasteiger partial charge in [-0.2, -0.15) is 0 Å². The van der Waals surface area contributed by atoms with Crippen molar-refractivity contribution in [3.63, 3.8) is 0 Å². The highest BCUT2D eigenvalue weighted by atomic mass is 35.5. The smallest absolute Gasteiger partial charge is 0.260 e. The molecule has 0 N–H and O–H groups in total. The molecule has 19 heavy (non-hydrogen) atoms. The van der Waals surface area contributed by atoms with Gasteiger partial charge in [-0.3, -0.25) is 4.79 Å². The molecule has 1 atom stereocenters. The Labute approximate surface area is 116 Å². The first-order valence-electron chi connectivity index (χ1n) is 6.20. The third-order valence-corrected chi connectivity index (χ3v) is 3.62. The van der Waals surface area contributed by atoms with Gasteiger partial charge in [0.05, 0.1) is 5.56 Å². The molecule has 4 heteroatoms. The molecule has 0 radical (unpaired) electrons. The van der Waals surface area contributed by atoms with E-state index in [0.29, 0.717) is 10.7 Å². The lowest BCUT2D eigenvalue weighted by Gasteiger charge is -2.22. The number of rotatable bonds is 1. The van der Waals surface area contributed by atoms with Crippen molar-refractivity contribution in [2.75, 3.05) is 4.90 Å². The molecule has 0 saturated heterocycles. The van der Waals surface area contributed by atoms with Gasteiger partial charge in [0.15, 0.2) is 0 Å². The van der Waals surface area contributed by atoms with Crippen LogP contribution in [0.1, 0.15) is 22.8 Å². The maximum atomic E-state index is 12.6. The normalized spacial score (nSPS) is 17.4. The lowest BCUT2D eigenvalue weighted by Crippen LogP contribution is -2.35. The summed E-state index contributed by atoms with van der Waals surface area (Å²) in [7, 11) is 0. The van der Waals surface area contributed by atoms with Gasteiger partial charge >= 0.3 is 0 Å². The molecule has 2 aromatic rings. The molecule has 1 aromatic heterocycles. The van der Waals surface area contributed by atoms with Gasteiger partial charge in [0.2, 0.25) is 0 Å². The van der Waals surface area contributed by atoms with Crippen LogP contribution in [0.3, 0.4) is 0 Å². The van der Waals surface area contributed by atoms with Crippen molar-refractivity contribution in [3.8, 4) is 0 Å². The molecule has 0 spiro atoms. The number of carbonyl (C=O) groups is 1. The minimum atomic E-state index is -0.0263. The molecule has 2 heterocycles. The fourth-order valence-electron chi connectivity index (χ4n) is 2.52. The predicted molar refractivity (Wildman–Crippen MR) is 75.7 cm³/mol. The maximum absolute atomic E-state index is 12.6. The van der Waals surface area contributed by atoms with Gasteiger partial charge in [0.1, 0.15) is 5.15 Å². The van der Waals surface area contributed by atoms with Crippen molar-refractivity contribution in [1.82, 2.24) is 4.98 Å². The molecule has 0 unspecified atom stereocenters. The fraction of sp³-hybridized carbons (Fsp3) is 0.200. The second-order valence-electron chi connectivity index (χ2n) is 4.73. The van der Waals surface area contributed by atoms with Crippen LogP contribution in [0.15, 0.2) is 42.6 Å². The van der Waals surface area contributed by atoms with E-state index in [9.17, 15) is 4.79 Å². The molecular weight excluding hydrogens is 260 g/mol. The van der Waals surface area contributed by atoms with E-state index in [-0.39, 0.29) is 11.9 Å². The first-order chi connectivity index (χ1) is 9.16. The van der Waals surface area contributed by atoms with Crippen LogP contribution < -0.4 is 4.90 Å². The van der Waals surface area contributed by atoms with E-state index in [1.54, 1.807) is 12.1 Å². The van der Waals surface area contributed by atoms with E-state index in [2.05, 4.69) is 18.0 Å². The standard InChI is InChI=1S/C15H13ClN2O/c1-10-8-11-4-2-3-5-13(11)18(10)15(19)12-6-7-14(16)17-9-12/h2-7,9-10H,8H2,1H3/t10-/m0/s1. The Bertz CT molecular complexity index is 624. The summed E-state index contributed by atoms with van der Waals surface area (Å²) < 4.78 is 0. The van der Waals surface area contributed by atoms with Crippen LogP contribution in [0, 0.1) is 0 Å². The number of aromatic nitrogens is 1. The van der Waals surface area contributed by atoms with E-state index in [1.807, 2.05) is 23.1 Å². The highest BCUT2D eigenvalue weighted by Gasteiger charge is 2.31. The number of anilines is 1. The second-order valence-corrected chi connectivity index (χ2v) is 5.11. The lowest BCUT2D eigenvalue weighted by molar-refractivity contribution is 0.0981. The van der Waals surface area contributed by atoms with Gasteiger partial charge in [-0.1, -0.05) is 29.8 Å². The number of benzene rings is 1. The molecule has 0 fully saturated rings. The van der Waals surface area contributed by atoms with E-state index >= 15 is 0 Å². The van der Waals surface area contributed by atoms with E-state index in [4.69, 9.17) is 11.6 Å². The monoisotopic (exact) mass is 272 g/mol. The summed E-state index contributed by atoms with van der Waals surface area (Å²) >= 11 is 5.75. The van der Waals surface area contributed by atoms with Crippen LogP contribution in [0.5, 0.6) is 0 Å². The molecule has 1 aliphatic heterocycles. The van der Waals surface area contributed by atoms with Crippen molar-refractivity contribution < 1.29 is 4.79 Å². The number of carbonyl (C=O) groups excluding carboxylic acids is 1. The SMILES string of the molecule is C[C@H]1Cc2ccccc2N1C(=O)c1ccc(Cl)nc1. The van der Waals surface area contributed by atoms with Crippen LogP contribution in [0.25, 0.3) is 0 Å². The number of amides is 1. The lowest BCUT2D eigenvalue weighted by atomic mass is 10.1. The number of hydrogen-bond donors (Lipinski definition) is 0. The number of nitrogens with zero attached hydrogens (tertiary/aromatic N) is 2. The average molecular weight is 273 g/mol. The zero-order chi connectivity index (χ0) is 13.4. The van der Waals surface area contributed by atoms with Crippen LogP contribution in [0.4, 0.5) is 5.69 Å². The minimum absolute atomic E-state index is 0.0263. The van der Waals surface area contributed by atoms with Crippen molar-refractivity contribution in [1.29, 1.82) is 0 Å².